The largest absolute Gasteiger partial charge is 0.339 e. The summed E-state index contributed by atoms with van der Waals surface area (Å²) in [4.78, 5) is 8.65. The Hall–Kier alpha value is -0.650. The molecule has 1 aromatic carbocycles. The summed E-state index contributed by atoms with van der Waals surface area (Å²) >= 11 is 13.0. The Kier molecular flexibility index (Phi) is 5.19. The predicted octanol–water partition coefficient (Wildman–Crippen LogP) is 5.35. The van der Waals surface area contributed by atoms with Gasteiger partial charge in [0.2, 0.25) is 0 Å². The van der Waals surface area contributed by atoms with Gasteiger partial charge < -0.3 is 5.32 Å². The van der Waals surface area contributed by atoms with Gasteiger partial charge in [0.1, 0.15) is 16.8 Å². The number of hydrogen-bond acceptors (Lipinski definition) is 3. The molecule has 1 heterocycles. The van der Waals surface area contributed by atoms with Crippen molar-refractivity contribution in [3.05, 3.63) is 44.2 Å². The van der Waals surface area contributed by atoms with E-state index in [1.54, 1.807) is 6.07 Å². The number of hydrogen-bond donors (Lipinski definition) is 1. The molecule has 0 aliphatic rings. The minimum Gasteiger partial charge on any atom is -0.339 e. The highest BCUT2D eigenvalue weighted by Gasteiger charge is 2.06. The number of benzene rings is 1. The van der Waals surface area contributed by atoms with Crippen LogP contribution in [-0.4, -0.2) is 9.97 Å². The molecule has 0 atom stereocenters. The molecule has 6 heteroatoms. The third-order valence-corrected chi connectivity index (χ3v) is 3.78. The lowest BCUT2D eigenvalue weighted by Gasteiger charge is -2.09. The second-order valence-electron chi connectivity index (χ2n) is 3.99. The fourth-order valence-corrected chi connectivity index (χ4v) is 2.50. The SMILES string of the molecule is CCCc1nc(Cl)cc(Nc2cc(Br)ccc2Br)n1. The van der Waals surface area contributed by atoms with Crippen LogP contribution < -0.4 is 5.32 Å². The van der Waals surface area contributed by atoms with E-state index in [4.69, 9.17) is 11.6 Å². The molecule has 19 heavy (non-hydrogen) atoms. The van der Waals surface area contributed by atoms with E-state index in [1.165, 1.54) is 0 Å². The van der Waals surface area contributed by atoms with Crippen molar-refractivity contribution >= 4 is 55.0 Å². The van der Waals surface area contributed by atoms with Crippen LogP contribution in [0.3, 0.4) is 0 Å². The van der Waals surface area contributed by atoms with Crippen molar-refractivity contribution in [2.75, 3.05) is 5.32 Å². The van der Waals surface area contributed by atoms with Gasteiger partial charge >= 0.3 is 0 Å². The van der Waals surface area contributed by atoms with Gasteiger partial charge in [-0.2, -0.15) is 0 Å². The highest BCUT2D eigenvalue weighted by atomic mass is 79.9. The lowest BCUT2D eigenvalue weighted by atomic mass is 10.3. The summed E-state index contributed by atoms with van der Waals surface area (Å²) in [6.45, 7) is 2.09. The first-order valence-electron chi connectivity index (χ1n) is 5.84. The molecule has 0 amide bonds. The maximum atomic E-state index is 6.01. The third-order valence-electron chi connectivity index (χ3n) is 2.41. The van der Waals surface area contributed by atoms with Gasteiger partial charge in [0, 0.05) is 21.4 Å². The van der Waals surface area contributed by atoms with Crippen molar-refractivity contribution in [2.24, 2.45) is 0 Å². The van der Waals surface area contributed by atoms with Crippen molar-refractivity contribution in [2.45, 2.75) is 19.8 Å². The molecule has 0 radical (unpaired) electrons. The van der Waals surface area contributed by atoms with Gasteiger partial charge in [-0.1, -0.05) is 34.5 Å². The Bertz CT molecular complexity index is 590. The van der Waals surface area contributed by atoms with Crippen molar-refractivity contribution in [3.8, 4) is 0 Å². The summed E-state index contributed by atoms with van der Waals surface area (Å²) in [6.07, 6.45) is 1.80. The molecule has 1 N–H and O–H groups in total. The summed E-state index contributed by atoms with van der Waals surface area (Å²) in [5.74, 6) is 1.45. The second-order valence-corrected chi connectivity index (χ2v) is 6.15. The molecule has 0 spiro atoms. The Morgan fingerprint density at radius 2 is 2.00 bits per heavy atom. The van der Waals surface area contributed by atoms with Gasteiger partial charge in [-0.3, -0.25) is 0 Å². The summed E-state index contributed by atoms with van der Waals surface area (Å²) in [6, 6.07) is 7.61. The molecule has 0 saturated heterocycles. The number of anilines is 2. The van der Waals surface area contributed by atoms with Crippen LogP contribution in [0.4, 0.5) is 11.5 Å². The quantitative estimate of drug-likeness (QED) is 0.697. The van der Waals surface area contributed by atoms with Crippen molar-refractivity contribution in [1.29, 1.82) is 0 Å². The number of rotatable bonds is 4. The van der Waals surface area contributed by atoms with Gasteiger partial charge in [-0.25, -0.2) is 9.97 Å². The van der Waals surface area contributed by atoms with Gasteiger partial charge in [-0.05, 0) is 40.5 Å². The zero-order valence-electron chi connectivity index (χ0n) is 10.3. The minimum absolute atomic E-state index is 0.451. The van der Waals surface area contributed by atoms with E-state index >= 15 is 0 Å². The van der Waals surface area contributed by atoms with Gasteiger partial charge in [-0.15, -0.1) is 0 Å². The first kappa shape index (κ1) is 14.8. The minimum atomic E-state index is 0.451. The molecule has 0 bridgehead atoms. The standard InChI is InChI=1S/C13H12Br2ClN3/c1-2-3-12-18-11(16)7-13(19-12)17-10-6-8(14)4-5-9(10)15/h4-7H,2-3H2,1H3,(H,17,18,19). The first-order chi connectivity index (χ1) is 9.08. The zero-order valence-corrected chi connectivity index (χ0v) is 14.2. The molecule has 2 aromatic rings. The topological polar surface area (TPSA) is 37.8 Å². The molecule has 1 aromatic heterocycles. The molecule has 100 valence electrons. The molecule has 0 saturated carbocycles. The van der Waals surface area contributed by atoms with E-state index in [2.05, 4.69) is 54.1 Å². The van der Waals surface area contributed by atoms with Crippen LogP contribution in [0.1, 0.15) is 19.2 Å². The van der Waals surface area contributed by atoms with Crippen molar-refractivity contribution < 1.29 is 0 Å². The van der Waals surface area contributed by atoms with Crippen molar-refractivity contribution in [1.82, 2.24) is 9.97 Å². The average molecular weight is 406 g/mol. The second kappa shape index (κ2) is 6.68. The molecule has 3 nitrogen and oxygen atoms in total. The van der Waals surface area contributed by atoms with E-state index in [9.17, 15) is 0 Å². The molecule has 0 aliphatic heterocycles. The van der Waals surface area contributed by atoms with E-state index in [1.807, 2.05) is 18.2 Å². The maximum Gasteiger partial charge on any atom is 0.135 e. The summed E-state index contributed by atoms with van der Waals surface area (Å²) in [5, 5.41) is 3.69. The Morgan fingerprint density at radius 1 is 1.21 bits per heavy atom. The smallest absolute Gasteiger partial charge is 0.135 e. The Morgan fingerprint density at radius 3 is 2.74 bits per heavy atom. The number of halogens is 3. The molecule has 2 rings (SSSR count). The van der Waals surface area contributed by atoms with Crippen LogP contribution in [0, 0.1) is 0 Å². The lowest BCUT2D eigenvalue weighted by Crippen LogP contribution is -2.00. The summed E-state index contributed by atoms with van der Waals surface area (Å²) in [5.41, 5.74) is 0.923. The predicted molar refractivity (Wildman–Crippen MR) is 86.2 cm³/mol. The lowest BCUT2D eigenvalue weighted by molar-refractivity contribution is 0.837. The maximum absolute atomic E-state index is 6.01. The normalized spacial score (nSPS) is 10.5. The average Bonchev–Trinajstić information content (AvgIpc) is 2.33. The zero-order chi connectivity index (χ0) is 13.8. The number of nitrogens with zero attached hydrogens (tertiary/aromatic N) is 2. The van der Waals surface area contributed by atoms with Crippen molar-refractivity contribution in [3.63, 3.8) is 0 Å². The number of aromatic nitrogens is 2. The summed E-state index contributed by atoms with van der Waals surface area (Å²) in [7, 11) is 0. The van der Waals surface area contributed by atoms with Gasteiger partial charge in [0.05, 0.1) is 5.69 Å². The first-order valence-corrected chi connectivity index (χ1v) is 7.80. The van der Waals surface area contributed by atoms with Crippen LogP contribution in [0.15, 0.2) is 33.2 Å². The number of aryl methyl sites for hydroxylation is 1. The fourth-order valence-electron chi connectivity index (χ4n) is 1.60. The van der Waals surface area contributed by atoms with Crippen LogP contribution in [0.5, 0.6) is 0 Å². The van der Waals surface area contributed by atoms with Crippen LogP contribution in [0.2, 0.25) is 5.15 Å². The van der Waals surface area contributed by atoms with Gasteiger partial charge in [0.15, 0.2) is 0 Å². The van der Waals surface area contributed by atoms with E-state index < -0.39 is 0 Å². The van der Waals surface area contributed by atoms with Crippen LogP contribution >= 0.6 is 43.5 Å². The highest BCUT2D eigenvalue weighted by Crippen LogP contribution is 2.29. The molecule has 0 aliphatic carbocycles. The third kappa shape index (κ3) is 4.16. The van der Waals surface area contributed by atoms with Crippen LogP contribution in [0.25, 0.3) is 0 Å². The fraction of sp³-hybridized carbons (Fsp3) is 0.231. The summed E-state index contributed by atoms with van der Waals surface area (Å²) < 4.78 is 1.95. The Balaban J connectivity index is 2.29. The Labute approximate surface area is 134 Å². The molecular weight excluding hydrogens is 393 g/mol. The number of nitrogens with one attached hydrogen (secondary N) is 1. The van der Waals surface area contributed by atoms with Gasteiger partial charge in [0.25, 0.3) is 0 Å². The molecule has 0 unspecified atom stereocenters. The molecule has 0 fully saturated rings. The van der Waals surface area contributed by atoms with E-state index in [-0.39, 0.29) is 0 Å². The highest BCUT2D eigenvalue weighted by molar-refractivity contribution is 9.11. The molecular formula is C13H12Br2ClN3. The van der Waals surface area contributed by atoms with E-state index in [0.29, 0.717) is 11.0 Å². The van der Waals surface area contributed by atoms with E-state index in [0.717, 1.165) is 33.3 Å². The monoisotopic (exact) mass is 403 g/mol. The van der Waals surface area contributed by atoms with Crippen LogP contribution in [-0.2, 0) is 6.42 Å².